The van der Waals surface area contributed by atoms with E-state index >= 15 is 0 Å². The lowest BCUT2D eigenvalue weighted by molar-refractivity contribution is 0.102. The first-order valence-electron chi connectivity index (χ1n) is 9.88. The molecule has 0 unspecified atom stereocenters. The number of benzene rings is 2. The number of hydrogen-bond acceptors (Lipinski definition) is 3. The lowest BCUT2D eigenvalue weighted by Crippen LogP contribution is -2.14. The fourth-order valence-corrected chi connectivity index (χ4v) is 4.09. The smallest absolute Gasteiger partial charge is 0.257 e. The predicted octanol–water partition coefficient (Wildman–Crippen LogP) is 5.14. The van der Waals surface area contributed by atoms with Gasteiger partial charge in [0, 0.05) is 17.1 Å². The Morgan fingerprint density at radius 2 is 1.86 bits per heavy atom. The van der Waals surface area contributed by atoms with Crippen LogP contribution in [0, 0.1) is 6.92 Å². The third kappa shape index (κ3) is 2.90. The predicted molar refractivity (Wildman–Crippen MR) is 115 cm³/mol. The van der Waals surface area contributed by atoms with E-state index in [0.29, 0.717) is 11.3 Å². The van der Waals surface area contributed by atoms with Crippen molar-refractivity contribution >= 4 is 22.6 Å². The standard InChI is InChI=1S/C24H22N4O/c1-14(2)28-23-18(13-25-28)12-22(15(3)26-23)24(29)27-19-8-9-21-17(11-19)10-16-6-4-5-7-20(16)21/h4-9,11-14H,10H2,1-3H3,(H,27,29). The lowest BCUT2D eigenvalue weighted by Gasteiger charge is -2.11. The Kier molecular flexibility index (Phi) is 3.98. The molecule has 4 aromatic rings. The maximum atomic E-state index is 13.0. The summed E-state index contributed by atoms with van der Waals surface area (Å²) < 4.78 is 1.88. The molecule has 5 heteroatoms. The zero-order valence-electron chi connectivity index (χ0n) is 16.7. The molecular weight excluding hydrogens is 360 g/mol. The molecule has 1 amide bonds. The normalized spacial score (nSPS) is 12.3. The summed E-state index contributed by atoms with van der Waals surface area (Å²) in [6, 6.07) is 16.7. The molecule has 144 valence electrons. The highest BCUT2D eigenvalue weighted by Gasteiger charge is 2.19. The van der Waals surface area contributed by atoms with Crippen molar-refractivity contribution in [1.29, 1.82) is 0 Å². The van der Waals surface area contributed by atoms with Gasteiger partial charge in [-0.1, -0.05) is 30.3 Å². The van der Waals surface area contributed by atoms with Gasteiger partial charge >= 0.3 is 0 Å². The summed E-state index contributed by atoms with van der Waals surface area (Å²) in [7, 11) is 0. The molecule has 2 aromatic carbocycles. The molecule has 0 aliphatic heterocycles. The summed E-state index contributed by atoms with van der Waals surface area (Å²) in [5.74, 6) is -0.148. The molecular formula is C24H22N4O. The number of aryl methyl sites for hydroxylation is 1. The number of carbonyl (C=O) groups is 1. The van der Waals surface area contributed by atoms with Gasteiger partial charge in [0.05, 0.1) is 17.5 Å². The Hall–Kier alpha value is -3.47. The van der Waals surface area contributed by atoms with Crippen molar-refractivity contribution < 1.29 is 4.79 Å². The quantitative estimate of drug-likeness (QED) is 0.470. The monoisotopic (exact) mass is 382 g/mol. The van der Waals surface area contributed by atoms with E-state index in [1.54, 1.807) is 6.20 Å². The van der Waals surface area contributed by atoms with Crippen LogP contribution in [0.5, 0.6) is 0 Å². The molecule has 2 aromatic heterocycles. The molecule has 0 saturated carbocycles. The first kappa shape index (κ1) is 17.6. The van der Waals surface area contributed by atoms with Crippen LogP contribution in [0.15, 0.2) is 54.7 Å². The van der Waals surface area contributed by atoms with E-state index in [0.717, 1.165) is 23.1 Å². The number of aromatic nitrogens is 3. The van der Waals surface area contributed by atoms with Gasteiger partial charge in [0.2, 0.25) is 0 Å². The van der Waals surface area contributed by atoms with Crippen LogP contribution >= 0.6 is 0 Å². The molecule has 0 spiro atoms. The summed E-state index contributed by atoms with van der Waals surface area (Å²) in [6.07, 6.45) is 2.67. The molecule has 0 bridgehead atoms. The molecule has 0 fully saturated rings. The molecule has 1 N–H and O–H groups in total. The second-order valence-electron chi connectivity index (χ2n) is 7.88. The average molecular weight is 382 g/mol. The number of pyridine rings is 1. The SMILES string of the molecule is Cc1nc2c(cnn2C(C)C)cc1C(=O)Nc1ccc2c(c1)Cc1ccccc1-2. The van der Waals surface area contributed by atoms with Crippen molar-refractivity contribution in [3.8, 4) is 11.1 Å². The summed E-state index contributed by atoms with van der Waals surface area (Å²) >= 11 is 0. The Labute approximate surface area is 169 Å². The molecule has 5 rings (SSSR count). The minimum atomic E-state index is -0.148. The van der Waals surface area contributed by atoms with Crippen molar-refractivity contribution in [2.24, 2.45) is 0 Å². The first-order chi connectivity index (χ1) is 14.0. The lowest BCUT2D eigenvalue weighted by atomic mass is 10.1. The van der Waals surface area contributed by atoms with Gasteiger partial charge in [0.15, 0.2) is 5.65 Å². The molecule has 0 atom stereocenters. The van der Waals surface area contributed by atoms with Crippen molar-refractivity contribution in [2.75, 3.05) is 5.32 Å². The molecule has 1 aliphatic carbocycles. The number of nitrogens with one attached hydrogen (secondary N) is 1. The molecule has 5 nitrogen and oxygen atoms in total. The fourth-order valence-electron chi connectivity index (χ4n) is 4.09. The van der Waals surface area contributed by atoms with E-state index in [-0.39, 0.29) is 11.9 Å². The molecule has 29 heavy (non-hydrogen) atoms. The van der Waals surface area contributed by atoms with Crippen LogP contribution < -0.4 is 5.32 Å². The number of nitrogens with zero attached hydrogens (tertiary/aromatic N) is 3. The Balaban J connectivity index is 1.44. The number of amides is 1. The highest BCUT2D eigenvalue weighted by Crippen LogP contribution is 2.37. The van der Waals surface area contributed by atoms with Crippen molar-refractivity contribution in [2.45, 2.75) is 33.2 Å². The molecule has 0 saturated heterocycles. The van der Waals surface area contributed by atoms with E-state index in [9.17, 15) is 4.79 Å². The van der Waals surface area contributed by atoms with Gasteiger partial charge in [-0.2, -0.15) is 5.10 Å². The van der Waals surface area contributed by atoms with E-state index < -0.39 is 0 Å². The van der Waals surface area contributed by atoms with Gasteiger partial charge < -0.3 is 5.32 Å². The van der Waals surface area contributed by atoms with E-state index in [1.807, 2.05) is 23.7 Å². The van der Waals surface area contributed by atoms with Crippen molar-refractivity contribution in [3.05, 3.63) is 77.1 Å². The highest BCUT2D eigenvalue weighted by molar-refractivity contribution is 6.06. The van der Waals surface area contributed by atoms with Gasteiger partial charge in [-0.05, 0) is 67.6 Å². The van der Waals surface area contributed by atoms with Crippen LogP contribution in [0.4, 0.5) is 5.69 Å². The topological polar surface area (TPSA) is 59.8 Å². The molecule has 0 radical (unpaired) electrons. The van der Waals surface area contributed by atoms with Gasteiger partial charge in [-0.25, -0.2) is 9.67 Å². The van der Waals surface area contributed by atoms with Crippen molar-refractivity contribution in [1.82, 2.24) is 14.8 Å². The summed E-state index contributed by atoms with van der Waals surface area (Å²) in [4.78, 5) is 17.6. The Morgan fingerprint density at radius 1 is 1.07 bits per heavy atom. The van der Waals surface area contributed by atoms with Crippen LogP contribution in [0.3, 0.4) is 0 Å². The second-order valence-corrected chi connectivity index (χ2v) is 7.88. The third-order valence-corrected chi connectivity index (χ3v) is 5.54. The second kappa shape index (κ2) is 6.55. The maximum absolute atomic E-state index is 13.0. The highest BCUT2D eigenvalue weighted by atomic mass is 16.1. The van der Waals surface area contributed by atoms with Gasteiger partial charge in [-0.3, -0.25) is 4.79 Å². The summed E-state index contributed by atoms with van der Waals surface area (Å²) in [5.41, 5.74) is 8.00. The van der Waals surface area contributed by atoms with Crippen molar-refractivity contribution in [3.63, 3.8) is 0 Å². The average Bonchev–Trinajstić information content (AvgIpc) is 3.27. The minimum Gasteiger partial charge on any atom is -0.322 e. The largest absolute Gasteiger partial charge is 0.322 e. The minimum absolute atomic E-state index is 0.148. The van der Waals surface area contributed by atoms with Crippen LogP contribution in [0.2, 0.25) is 0 Å². The third-order valence-electron chi connectivity index (χ3n) is 5.54. The van der Waals surface area contributed by atoms with Gasteiger partial charge in [0.25, 0.3) is 5.91 Å². The first-order valence-corrected chi connectivity index (χ1v) is 9.88. The van der Waals surface area contributed by atoms with Gasteiger partial charge in [0.1, 0.15) is 0 Å². The number of fused-ring (bicyclic) bond motifs is 4. The zero-order chi connectivity index (χ0) is 20.1. The van der Waals surface area contributed by atoms with Crippen LogP contribution in [0.25, 0.3) is 22.2 Å². The molecule has 1 aliphatic rings. The number of rotatable bonds is 3. The number of carbonyl (C=O) groups excluding carboxylic acids is 1. The maximum Gasteiger partial charge on any atom is 0.257 e. The zero-order valence-corrected chi connectivity index (χ0v) is 16.7. The van der Waals surface area contributed by atoms with Crippen LogP contribution in [-0.2, 0) is 6.42 Å². The van der Waals surface area contributed by atoms with Crippen LogP contribution in [0.1, 0.15) is 47.1 Å². The Morgan fingerprint density at radius 3 is 2.69 bits per heavy atom. The Bertz CT molecular complexity index is 1270. The molecule has 2 heterocycles. The van der Waals surface area contributed by atoms with E-state index in [1.165, 1.54) is 22.3 Å². The summed E-state index contributed by atoms with van der Waals surface area (Å²) in [6.45, 7) is 6.00. The van der Waals surface area contributed by atoms with Crippen LogP contribution in [-0.4, -0.2) is 20.7 Å². The van der Waals surface area contributed by atoms with Gasteiger partial charge in [-0.15, -0.1) is 0 Å². The number of anilines is 1. The fraction of sp³-hybridized carbons (Fsp3) is 0.208. The summed E-state index contributed by atoms with van der Waals surface area (Å²) in [5, 5.41) is 8.32. The van der Waals surface area contributed by atoms with E-state index in [2.05, 4.69) is 65.6 Å². The number of hydrogen-bond donors (Lipinski definition) is 1. The van der Waals surface area contributed by atoms with E-state index in [4.69, 9.17) is 0 Å².